The molecule has 0 aromatic carbocycles. The summed E-state index contributed by atoms with van der Waals surface area (Å²) in [6, 6.07) is 2.01. The molecule has 2 aromatic rings. The normalized spacial score (nSPS) is 17.6. The molecule has 1 N–H and O–H groups in total. The molecule has 1 atom stereocenters. The van der Waals surface area contributed by atoms with E-state index in [1.165, 1.54) is 6.42 Å². The zero-order valence-electron chi connectivity index (χ0n) is 14.9. The van der Waals surface area contributed by atoms with Gasteiger partial charge in [-0.3, -0.25) is 9.48 Å². The molecule has 1 amide bonds. The average Bonchev–Trinajstić information content (AvgIpc) is 3.26. The van der Waals surface area contributed by atoms with Gasteiger partial charge in [0.2, 0.25) is 11.8 Å². The van der Waals surface area contributed by atoms with Gasteiger partial charge in [-0.2, -0.15) is 10.1 Å². The lowest BCUT2D eigenvalue weighted by molar-refractivity contribution is -0.131. The lowest BCUT2D eigenvalue weighted by atomic mass is 9.97. The highest BCUT2D eigenvalue weighted by Gasteiger charge is 2.19. The fraction of sp³-hybridized carbons (Fsp3) is 0.647. The molecule has 1 fully saturated rings. The van der Waals surface area contributed by atoms with Gasteiger partial charge in [-0.1, -0.05) is 12.1 Å². The van der Waals surface area contributed by atoms with Crippen LogP contribution in [0.4, 0.5) is 0 Å². The number of aryl methyl sites for hydroxylation is 1. The number of hydrogen-bond acceptors (Lipinski definition) is 6. The Labute approximate surface area is 147 Å². The van der Waals surface area contributed by atoms with Crippen LogP contribution in [0.1, 0.15) is 49.5 Å². The Hall–Kier alpha value is -2.22. The minimum Gasteiger partial charge on any atom is -0.337 e. The van der Waals surface area contributed by atoms with Gasteiger partial charge in [0.25, 0.3) is 0 Å². The SMILES string of the molecule is CCCc1noc(CN(C)C(=O)Cn2ccc([C@H]3CCCNC3)n2)n1. The molecular formula is C17H26N6O2. The minimum absolute atomic E-state index is 0.0355. The molecule has 25 heavy (non-hydrogen) atoms. The number of piperidine rings is 1. The Bertz CT molecular complexity index is 689. The Morgan fingerprint density at radius 1 is 1.52 bits per heavy atom. The van der Waals surface area contributed by atoms with Crippen molar-refractivity contribution in [2.45, 2.75) is 51.6 Å². The fourth-order valence-electron chi connectivity index (χ4n) is 3.02. The summed E-state index contributed by atoms with van der Waals surface area (Å²) < 4.78 is 6.89. The van der Waals surface area contributed by atoms with E-state index >= 15 is 0 Å². The minimum atomic E-state index is -0.0355. The van der Waals surface area contributed by atoms with Gasteiger partial charge in [-0.15, -0.1) is 0 Å². The maximum absolute atomic E-state index is 12.4. The van der Waals surface area contributed by atoms with Crippen molar-refractivity contribution in [3.63, 3.8) is 0 Å². The van der Waals surface area contributed by atoms with Crippen molar-refractivity contribution >= 4 is 5.91 Å². The van der Waals surface area contributed by atoms with Crippen LogP contribution in [0, 0.1) is 0 Å². The number of rotatable bonds is 7. The molecule has 1 aliphatic heterocycles. The lowest BCUT2D eigenvalue weighted by Crippen LogP contribution is -2.30. The van der Waals surface area contributed by atoms with Crippen LogP contribution in [0.3, 0.4) is 0 Å². The van der Waals surface area contributed by atoms with E-state index in [9.17, 15) is 4.79 Å². The summed E-state index contributed by atoms with van der Waals surface area (Å²) in [6.45, 7) is 4.63. The van der Waals surface area contributed by atoms with Gasteiger partial charge in [0.1, 0.15) is 6.54 Å². The molecule has 0 saturated carbocycles. The molecule has 8 nitrogen and oxygen atoms in total. The van der Waals surface area contributed by atoms with Crippen LogP contribution >= 0.6 is 0 Å². The van der Waals surface area contributed by atoms with Crippen LogP contribution < -0.4 is 5.32 Å². The second-order valence-electron chi connectivity index (χ2n) is 6.59. The monoisotopic (exact) mass is 346 g/mol. The first-order valence-electron chi connectivity index (χ1n) is 8.95. The highest BCUT2D eigenvalue weighted by atomic mass is 16.5. The lowest BCUT2D eigenvalue weighted by Gasteiger charge is -2.20. The van der Waals surface area contributed by atoms with Crippen molar-refractivity contribution in [3.8, 4) is 0 Å². The second kappa shape index (κ2) is 8.24. The first kappa shape index (κ1) is 17.6. The summed E-state index contributed by atoms with van der Waals surface area (Å²) in [6.07, 6.45) is 5.94. The molecule has 0 aliphatic carbocycles. The van der Waals surface area contributed by atoms with E-state index in [0.717, 1.165) is 38.0 Å². The zero-order valence-corrected chi connectivity index (χ0v) is 14.9. The third kappa shape index (κ3) is 4.66. The van der Waals surface area contributed by atoms with Crippen molar-refractivity contribution in [1.82, 2.24) is 30.1 Å². The van der Waals surface area contributed by atoms with E-state index in [-0.39, 0.29) is 12.5 Å². The van der Waals surface area contributed by atoms with Gasteiger partial charge in [-0.05, 0) is 31.9 Å². The van der Waals surface area contributed by atoms with Crippen LogP contribution in [-0.4, -0.2) is 50.9 Å². The molecule has 0 radical (unpaired) electrons. The maximum Gasteiger partial charge on any atom is 0.246 e. The number of likely N-dealkylation sites (N-methyl/N-ethyl adjacent to an activating group) is 1. The quantitative estimate of drug-likeness (QED) is 0.814. The smallest absolute Gasteiger partial charge is 0.246 e. The zero-order chi connectivity index (χ0) is 17.6. The van der Waals surface area contributed by atoms with E-state index in [0.29, 0.717) is 24.2 Å². The van der Waals surface area contributed by atoms with Crippen LogP contribution in [0.5, 0.6) is 0 Å². The highest BCUT2D eigenvalue weighted by molar-refractivity contribution is 5.75. The molecule has 8 heteroatoms. The fourth-order valence-corrected chi connectivity index (χ4v) is 3.02. The predicted molar refractivity (Wildman–Crippen MR) is 91.8 cm³/mol. The average molecular weight is 346 g/mol. The number of carbonyl (C=O) groups excluding carboxylic acids is 1. The molecule has 2 aromatic heterocycles. The number of hydrogen-bond donors (Lipinski definition) is 1. The summed E-state index contributed by atoms with van der Waals surface area (Å²) in [5, 5.41) is 11.9. The van der Waals surface area contributed by atoms with Gasteiger partial charge in [0.05, 0.1) is 12.2 Å². The van der Waals surface area contributed by atoms with E-state index in [1.54, 1.807) is 16.6 Å². The van der Waals surface area contributed by atoms with Gasteiger partial charge in [-0.25, -0.2) is 0 Å². The van der Waals surface area contributed by atoms with Crippen molar-refractivity contribution in [2.24, 2.45) is 0 Å². The molecule has 0 unspecified atom stereocenters. The van der Waals surface area contributed by atoms with E-state index in [1.807, 2.05) is 12.3 Å². The van der Waals surface area contributed by atoms with Gasteiger partial charge < -0.3 is 14.7 Å². The molecule has 3 heterocycles. The van der Waals surface area contributed by atoms with Gasteiger partial charge >= 0.3 is 0 Å². The number of amides is 1. The van der Waals surface area contributed by atoms with Crippen LogP contribution in [0.15, 0.2) is 16.8 Å². The Morgan fingerprint density at radius 2 is 2.40 bits per heavy atom. The first-order chi connectivity index (χ1) is 12.2. The first-order valence-corrected chi connectivity index (χ1v) is 8.95. The number of nitrogens with zero attached hydrogens (tertiary/aromatic N) is 5. The van der Waals surface area contributed by atoms with E-state index in [4.69, 9.17) is 4.52 Å². The third-order valence-electron chi connectivity index (χ3n) is 4.46. The molecule has 0 spiro atoms. The largest absolute Gasteiger partial charge is 0.337 e. The maximum atomic E-state index is 12.4. The van der Waals surface area contributed by atoms with E-state index < -0.39 is 0 Å². The second-order valence-corrected chi connectivity index (χ2v) is 6.59. The Kier molecular flexibility index (Phi) is 5.80. The predicted octanol–water partition coefficient (Wildman–Crippen LogP) is 1.34. The molecule has 0 bridgehead atoms. The van der Waals surface area contributed by atoms with Crippen LogP contribution in [0.2, 0.25) is 0 Å². The highest BCUT2D eigenvalue weighted by Crippen LogP contribution is 2.21. The Balaban J connectivity index is 1.53. The van der Waals surface area contributed by atoms with Gasteiger partial charge in [0.15, 0.2) is 5.82 Å². The van der Waals surface area contributed by atoms with E-state index in [2.05, 4.69) is 27.5 Å². The number of aromatic nitrogens is 4. The summed E-state index contributed by atoms with van der Waals surface area (Å²) >= 11 is 0. The Morgan fingerprint density at radius 3 is 3.16 bits per heavy atom. The van der Waals surface area contributed by atoms with Crippen molar-refractivity contribution in [2.75, 3.05) is 20.1 Å². The standard InChI is InChI=1S/C17H26N6O2/c1-3-5-15-19-16(25-21-15)11-22(2)17(24)12-23-9-7-14(20-23)13-6-4-8-18-10-13/h7,9,13,18H,3-6,8,10-12H2,1-2H3/t13-/m0/s1. The van der Waals surface area contributed by atoms with Crippen LogP contribution in [-0.2, 0) is 24.3 Å². The molecule has 3 rings (SSSR count). The van der Waals surface area contributed by atoms with Crippen LogP contribution in [0.25, 0.3) is 0 Å². The van der Waals surface area contributed by atoms with Crippen molar-refractivity contribution in [1.29, 1.82) is 0 Å². The molecule has 1 saturated heterocycles. The summed E-state index contributed by atoms with van der Waals surface area (Å²) in [5.41, 5.74) is 1.06. The molecule has 136 valence electrons. The molecule has 1 aliphatic rings. The summed E-state index contributed by atoms with van der Waals surface area (Å²) in [5.74, 6) is 1.56. The van der Waals surface area contributed by atoms with Gasteiger partial charge in [0, 0.05) is 32.1 Å². The third-order valence-corrected chi connectivity index (χ3v) is 4.46. The van der Waals surface area contributed by atoms with Crippen molar-refractivity contribution < 1.29 is 9.32 Å². The topological polar surface area (TPSA) is 89.1 Å². The van der Waals surface area contributed by atoms with Crippen molar-refractivity contribution in [3.05, 3.63) is 29.7 Å². The molecular weight excluding hydrogens is 320 g/mol. The number of nitrogens with one attached hydrogen (secondary N) is 1. The summed E-state index contributed by atoms with van der Waals surface area (Å²) in [4.78, 5) is 18.3. The summed E-state index contributed by atoms with van der Waals surface area (Å²) in [7, 11) is 1.74. The number of carbonyl (C=O) groups is 1.